The lowest BCUT2D eigenvalue weighted by molar-refractivity contribution is -0.141. The molecule has 9 heteroatoms. The fraction of sp³-hybridized carbons (Fsp3) is 0.444. The maximum absolute atomic E-state index is 12.4. The molecule has 2 aromatic carbocycles. The lowest BCUT2D eigenvalue weighted by Crippen LogP contribution is -2.45. The summed E-state index contributed by atoms with van der Waals surface area (Å²) in [6.45, 7) is 7.21. The van der Waals surface area contributed by atoms with E-state index < -0.39 is 29.8 Å². The Morgan fingerprint density at radius 2 is 1.56 bits per heavy atom. The molecule has 0 heterocycles. The Hall–Kier alpha value is -3.59. The molecule has 2 aromatic rings. The van der Waals surface area contributed by atoms with Gasteiger partial charge in [-0.15, -0.1) is 0 Å². The van der Waals surface area contributed by atoms with Crippen LogP contribution in [0.1, 0.15) is 51.2 Å². The largest absolute Gasteiger partial charge is 0.480 e. The predicted octanol–water partition coefficient (Wildman–Crippen LogP) is 4.30. The second-order valence-electron chi connectivity index (χ2n) is 9.72. The van der Waals surface area contributed by atoms with Gasteiger partial charge in [0.25, 0.3) is 0 Å². The summed E-state index contributed by atoms with van der Waals surface area (Å²) >= 11 is 0. The second kappa shape index (κ2) is 11.9. The second-order valence-corrected chi connectivity index (χ2v) is 9.72. The van der Waals surface area contributed by atoms with Crippen LogP contribution in [-0.2, 0) is 19.0 Å². The Balaban J connectivity index is 1.46. The van der Waals surface area contributed by atoms with Gasteiger partial charge in [-0.25, -0.2) is 14.4 Å². The molecular formula is C27H34N2O7. The van der Waals surface area contributed by atoms with Crippen molar-refractivity contribution >= 4 is 18.2 Å². The average molecular weight is 499 g/mol. The minimum atomic E-state index is -1.28. The van der Waals surface area contributed by atoms with Crippen LogP contribution in [0.4, 0.5) is 9.59 Å². The molecule has 2 amide bonds. The lowest BCUT2D eigenvalue weighted by Gasteiger charge is -2.21. The Morgan fingerprint density at radius 1 is 0.972 bits per heavy atom. The summed E-state index contributed by atoms with van der Waals surface area (Å²) in [4.78, 5) is 35.8. The summed E-state index contributed by atoms with van der Waals surface area (Å²) < 4.78 is 16.2. The molecule has 194 valence electrons. The van der Waals surface area contributed by atoms with E-state index in [4.69, 9.17) is 14.2 Å². The molecule has 0 saturated carbocycles. The monoisotopic (exact) mass is 498 g/mol. The highest BCUT2D eigenvalue weighted by Crippen LogP contribution is 2.44. The van der Waals surface area contributed by atoms with Crippen molar-refractivity contribution in [3.05, 3.63) is 59.7 Å². The van der Waals surface area contributed by atoms with E-state index in [2.05, 4.69) is 10.6 Å². The number of benzene rings is 2. The quantitative estimate of drug-likeness (QED) is 0.446. The van der Waals surface area contributed by atoms with Crippen LogP contribution in [0.3, 0.4) is 0 Å². The molecule has 1 aliphatic rings. The molecule has 3 rings (SSSR count). The van der Waals surface area contributed by atoms with Crippen LogP contribution in [0.25, 0.3) is 11.1 Å². The molecule has 0 aliphatic heterocycles. The summed E-state index contributed by atoms with van der Waals surface area (Å²) in [5, 5.41) is 14.5. The van der Waals surface area contributed by atoms with Gasteiger partial charge in [0.1, 0.15) is 12.2 Å². The summed E-state index contributed by atoms with van der Waals surface area (Å²) in [7, 11) is 0. The van der Waals surface area contributed by atoms with Gasteiger partial charge >= 0.3 is 18.2 Å². The third-order valence-electron chi connectivity index (χ3n) is 5.70. The third-order valence-corrected chi connectivity index (χ3v) is 5.70. The topological polar surface area (TPSA) is 123 Å². The summed E-state index contributed by atoms with van der Waals surface area (Å²) in [5.74, 6) is -1.36. The minimum absolute atomic E-state index is 0.0831. The normalized spacial score (nSPS) is 14.2. The SMILES string of the molecule is C[C@H](CCNC(=O)OC(C)(C)C)OC[C@H](NC(=O)OCC1c2ccccc2-c2ccccc21)C(=O)O. The average Bonchev–Trinajstić information content (AvgIpc) is 3.13. The molecule has 0 fully saturated rings. The fourth-order valence-corrected chi connectivity index (χ4v) is 3.99. The van der Waals surface area contributed by atoms with Crippen LogP contribution in [0.15, 0.2) is 48.5 Å². The Labute approximate surface area is 211 Å². The molecular weight excluding hydrogens is 464 g/mol. The van der Waals surface area contributed by atoms with Crippen molar-refractivity contribution in [1.29, 1.82) is 0 Å². The van der Waals surface area contributed by atoms with Gasteiger partial charge in [0.2, 0.25) is 0 Å². The van der Waals surface area contributed by atoms with Gasteiger partial charge in [-0.2, -0.15) is 0 Å². The minimum Gasteiger partial charge on any atom is -0.480 e. The van der Waals surface area contributed by atoms with Crippen LogP contribution in [0, 0.1) is 0 Å². The van der Waals surface area contributed by atoms with Gasteiger partial charge in [-0.3, -0.25) is 0 Å². The van der Waals surface area contributed by atoms with E-state index >= 15 is 0 Å². The molecule has 3 N–H and O–H groups in total. The number of carboxylic acids is 1. The molecule has 0 bridgehead atoms. The summed E-state index contributed by atoms with van der Waals surface area (Å²) in [5.41, 5.74) is 3.76. The number of alkyl carbamates (subject to hydrolysis) is 2. The number of hydrogen-bond acceptors (Lipinski definition) is 6. The van der Waals surface area contributed by atoms with Gasteiger partial charge < -0.3 is 30.0 Å². The first-order valence-corrected chi connectivity index (χ1v) is 12.0. The summed E-state index contributed by atoms with van der Waals surface area (Å²) in [6, 6.07) is 14.6. The van der Waals surface area contributed by atoms with Crippen LogP contribution < -0.4 is 10.6 Å². The van der Waals surface area contributed by atoms with Crippen LogP contribution in [0.5, 0.6) is 0 Å². The predicted molar refractivity (Wildman–Crippen MR) is 134 cm³/mol. The van der Waals surface area contributed by atoms with Crippen LogP contribution in [-0.4, -0.2) is 60.8 Å². The van der Waals surface area contributed by atoms with Crippen molar-refractivity contribution < 1.29 is 33.7 Å². The molecule has 0 radical (unpaired) electrons. The van der Waals surface area contributed by atoms with Gasteiger partial charge in [-0.05, 0) is 56.4 Å². The highest BCUT2D eigenvalue weighted by molar-refractivity contribution is 5.81. The van der Waals surface area contributed by atoms with Crippen LogP contribution >= 0.6 is 0 Å². The molecule has 36 heavy (non-hydrogen) atoms. The van der Waals surface area contributed by atoms with Crippen molar-refractivity contribution in [3.8, 4) is 11.1 Å². The zero-order chi connectivity index (χ0) is 26.3. The maximum Gasteiger partial charge on any atom is 0.407 e. The van der Waals surface area contributed by atoms with Gasteiger partial charge in [0, 0.05) is 12.5 Å². The number of hydrogen-bond donors (Lipinski definition) is 3. The highest BCUT2D eigenvalue weighted by Gasteiger charge is 2.30. The standard InChI is InChI=1S/C27H34N2O7/c1-17(13-14-28-25(32)36-27(2,3)4)34-16-23(24(30)31)29-26(33)35-15-22-20-11-7-5-9-18(20)19-10-6-8-12-21(19)22/h5-12,17,22-23H,13-16H2,1-4H3,(H,28,32)(H,29,33)(H,30,31)/t17-,23+/m1/s1. The van der Waals surface area contributed by atoms with Crippen molar-refractivity contribution in [2.75, 3.05) is 19.8 Å². The number of rotatable bonds is 10. The van der Waals surface area contributed by atoms with Crippen molar-refractivity contribution in [2.24, 2.45) is 0 Å². The number of amides is 2. The smallest absolute Gasteiger partial charge is 0.407 e. The molecule has 0 unspecified atom stereocenters. The third kappa shape index (κ3) is 7.45. The number of fused-ring (bicyclic) bond motifs is 3. The first-order chi connectivity index (χ1) is 17.0. The first kappa shape index (κ1) is 27.0. The summed E-state index contributed by atoms with van der Waals surface area (Å²) in [6.07, 6.45) is -1.27. The van der Waals surface area contributed by atoms with Gasteiger partial charge in [0.05, 0.1) is 12.7 Å². The van der Waals surface area contributed by atoms with E-state index in [1.165, 1.54) is 0 Å². The van der Waals surface area contributed by atoms with Crippen molar-refractivity contribution in [1.82, 2.24) is 10.6 Å². The van der Waals surface area contributed by atoms with E-state index in [0.717, 1.165) is 22.3 Å². The fourth-order valence-electron chi connectivity index (χ4n) is 3.99. The number of nitrogens with one attached hydrogen (secondary N) is 2. The molecule has 2 atom stereocenters. The molecule has 1 aliphatic carbocycles. The van der Waals surface area contributed by atoms with Gasteiger partial charge in [-0.1, -0.05) is 48.5 Å². The van der Waals surface area contributed by atoms with Crippen molar-refractivity contribution in [2.45, 2.75) is 57.8 Å². The number of aliphatic carboxylic acids is 1. The first-order valence-electron chi connectivity index (χ1n) is 12.0. The van der Waals surface area contributed by atoms with Gasteiger partial charge in [0.15, 0.2) is 6.04 Å². The van der Waals surface area contributed by atoms with E-state index in [1.807, 2.05) is 48.5 Å². The number of ether oxygens (including phenoxy) is 3. The van der Waals surface area contributed by atoms with E-state index in [1.54, 1.807) is 27.7 Å². The number of carbonyl (C=O) groups excluding carboxylic acids is 2. The molecule has 0 spiro atoms. The zero-order valence-corrected chi connectivity index (χ0v) is 21.1. The van der Waals surface area contributed by atoms with Crippen molar-refractivity contribution in [3.63, 3.8) is 0 Å². The van der Waals surface area contributed by atoms with E-state index in [0.29, 0.717) is 13.0 Å². The lowest BCUT2D eigenvalue weighted by atomic mass is 9.98. The van der Waals surface area contributed by atoms with E-state index in [9.17, 15) is 19.5 Å². The number of carbonyl (C=O) groups is 3. The molecule has 9 nitrogen and oxygen atoms in total. The maximum atomic E-state index is 12.4. The van der Waals surface area contributed by atoms with E-state index in [-0.39, 0.29) is 25.2 Å². The zero-order valence-electron chi connectivity index (χ0n) is 21.1. The number of carboxylic acid groups (broad SMARTS) is 1. The molecule has 0 aromatic heterocycles. The Bertz CT molecular complexity index is 1030. The highest BCUT2D eigenvalue weighted by atomic mass is 16.6. The Kier molecular flexibility index (Phi) is 8.93. The molecule has 0 saturated heterocycles. The Morgan fingerprint density at radius 3 is 2.11 bits per heavy atom. The van der Waals surface area contributed by atoms with Crippen LogP contribution in [0.2, 0.25) is 0 Å².